The standard InChI is InChI=1S/C33H34N2O2/c1-18-9-11-22(25-14-21(16-32(3,4)5)19(2)17-34-25)30-28(18)24-13-20-10-12-26-29(23(20)15-27(24)36-30)35-31(37-26)33(6,7)8/h9-15,17H,16H2,1-8H3/i1D3,2D3,16D2. The van der Waals surface area contributed by atoms with Gasteiger partial charge in [0, 0.05) is 44.3 Å². The zero-order chi connectivity index (χ0) is 33.1. The van der Waals surface area contributed by atoms with Gasteiger partial charge >= 0.3 is 0 Å². The highest BCUT2D eigenvalue weighted by Gasteiger charge is 2.23. The number of pyridine rings is 1. The largest absolute Gasteiger partial charge is 0.455 e. The molecular formula is C33H34N2O2. The third-order valence-corrected chi connectivity index (χ3v) is 6.44. The minimum atomic E-state index is -2.60. The van der Waals surface area contributed by atoms with Gasteiger partial charge in [-0.25, -0.2) is 4.98 Å². The molecule has 188 valence electrons. The van der Waals surface area contributed by atoms with Crippen LogP contribution in [0.2, 0.25) is 0 Å². The molecule has 0 fully saturated rings. The number of rotatable bonds is 2. The van der Waals surface area contributed by atoms with Crippen LogP contribution in [-0.4, -0.2) is 9.97 Å². The number of fused-ring (bicyclic) bond motifs is 6. The van der Waals surface area contributed by atoms with E-state index in [1.54, 1.807) is 26.8 Å². The van der Waals surface area contributed by atoms with Crippen molar-refractivity contribution in [3.63, 3.8) is 0 Å². The van der Waals surface area contributed by atoms with Gasteiger partial charge in [0.1, 0.15) is 16.7 Å². The Morgan fingerprint density at radius 3 is 2.41 bits per heavy atom. The molecule has 3 heterocycles. The minimum absolute atomic E-state index is 0.00188. The van der Waals surface area contributed by atoms with Crippen molar-refractivity contribution in [3.05, 3.63) is 71.2 Å². The molecule has 0 aliphatic heterocycles. The van der Waals surface area contributed by atoms with Crippen molar-refractivity contribution in [2.24, 2.45) is 5.41 Å². The highest BCUT2D eigenvalue weighted by atomic mass is 16.3. The van der Waals surface area contributed by atoms with Crippen LogP contribution in [0.3, 0.4) is 0 Å². The third-order valence-electron chi connectivity index (χ3n) is 6.44. The van der Waals surface area contributed by atoms with E-state index in [0.29, 0.717) is 38.9 Å². The topological polar surface area (TPSA) is 52.1 Å². The predicted octanol–water partition coefficient (Wildman–Crippen LogP) is 9.45. The summed E-state index contributed by atoms with van der Waals surface area (Å²) in [5, 5.41) is 2.60. The monoisotopic (exact) mass is 498 g/mol. The third kappa shape index (κ3) is 3.99. The van der Waals surface area contributed by atoms with Gasteiger partial charge < -0.3 is 8.83 Å². The lowest BCUT2D eigenvalue weighted by atomic mass is 9.86. The van der Waals surface area contributed by atoms with Crippen LogP contribution in [0.4, 0.5) is 0 Å². The molecule has 0 N–H and O–H groups in total. The molecule has 0 saturated heterocycles. The summed E-state index contributed by atoms with van der Waals surface area (Å²) in [5.74, 6) is 0.596. The van der Waals surface area contributed by atoms with Gasteiger partial charge in [0.2, 0.25) is 5.89 Å². The van der Waals surface area contributed by atoms with E-state index < -0.39 is 25.5 Å². The highest BCUT2D eigenvalue weighted by Crippen LogP contribution is 2.41. The molecule has 4 nitrogen and oxygen atoms in total. The van der Waals surface area contributed by atoms with Gasteiger partial charge in [-0.1, -0.05) is 53.7 Å². The number of hydrogen-bond acceptors (Lipinski definition) is 4. The fraction of sp³-hybridized carbons (Fsp3) is 0.333. The summed E-state index contributed by atoms with van der Waals surface area (Å²) in [5.41, 5.74) is 1.37. The summed E-state index contributed by atoms with van der Waals surface area (Å²) in [6.07, 6.45) is -0.845. The van der Waals surface area contributed by atoms with Gasteiger partial charge in [-0.2, -0.15) is 0 Å². The van der Waals surface area contributed by atoms with Crippen molar-refractivity contribution in [2.75, 3.05) is 0 Å². The van der Waals surface area contributed by atoms with Gasteiger partial charge in [-0.05, 0) is 77.9 Å². The van der Waals surface area contributed by atoms with Crippen molar-refractivity contribution in [1.29, 1.82) is 0 Å². The Morgan fingerprint density at radius 1 is 0.865 bits per heavy atom. The van der Waals surface area contributed by atoms with Crippen LogP contribution in [0.25, 0.3) is 55.1 Å². The van der Waals surface area contributed by atoms with E-state index in [1.165, 1.54) is 18.3 Å². The molecule has 4 heteroatoms. The summed E-state index contributed by atoms with van der Waals surface area (Å²) < 4.78 is 79.5. The van der Waals surface area contributed by atoms with E-state index in [9.17, 15) is 0 Å². The average Bonchev–Trinajstić information content (AvgIpc) is 3.51. The van der Waals surface area contributed by atoms with Gasteiger partial charge in [0.05, 0.1) is 5.69 Å². The summed E-state index contributed by atoms with van der Waals surface area (Å²) in [6, 6.07) is 12.0. The van der Waals surface area contributed by atoms with E-state index in [2.05, 4.69) is 4.98 Å². The first-order valence-electron chi connectivity index (χ1n) is 16.3. The van der Waals surface area contributed by atoms with Crippen LogP contribution in [0, 0.1) is 19.1 Å². The van der Waals surface area contributed by atoms with E-state index >= 15 is 0 Å². The maximum Gasteiger partial charge on any atom is 0.200 e. The predicted molar refractivity (Wildman–Crippen MR) is 153 cm³/mol. The Bertz CT molecular complexity index is 2140. The quantitative estimate of drug-likeness (QED) is 0.238. The number of benzene rings is 3. The second-order valence-electron chi connectivity index (χ2n) is 11.7. The summed E-state index contributed by atoms with van der Waals surface area (Å²) in [6.45, 7) is 6.12. The molecule has 6 aromatic rings. The van der Waals surface area contributed by atoms with Gasteiger partial charge in [0.15, 0.2) is 5.58 Å². The van der Waals surface area contributed by atoms with Crippen molar-refractivity contribution in [1.82, 2.24) is 9.97 Å². The Balaban J connectivity index is 1.68. The van der Waals surface area contributed by atoms with Gasteiger partial charge in [0.25, 0.3) is 0 Å². The summed E-state index contributed by atoms with van der Waals surface area (Å²) >= 11 is 0. The molecule has 0 aliphatic carbocycles. The van der Waals surface area contributed by atoms with E-state index in [0.717, 1.165) is 10.8 Å². The smallest absolute Gasteiger partial charge is 0.200 e. The molecule has 0 amide bonds. The molecule has 0 saturated carbocycles. The number of hydrogen-bond donors (Lipinski definition) is 0. The van der Waals surface area contributed by atoms with Crippen LogP contribution >= 0.6 is 0 Å². The number of aromatic nitrogens is 2. The number of furan rings is 1. The first kappa shape index (κ1) is 16.2. The number of nitrogens with zero attached hydrogens (tertiary/aromatic N) is 2. The zero-order valence-electron chi connectivity index (χ0n) is 29.8. The Kier molecular flexibility index (Phi) is 3.47. The van der Waals surface area contributed by atoms with E-state index in [-0.39, 0.29) is 33.4 Å². The SMILES string of the molecule is [2H]C([2H])([2H])c1cnc(-c2ccc(C([2H])([2H])[2H])c3c2oc2cc4c(ccc5oc(C(C)(C)C)nc54)cc23)cc1C([2H])([2H])C(C)(C)C. The van der Waals surface area contributed by atoms with Crippen molar-refractivity contribution in [2.45, 2.75) is 67.0 Å². The van der Waals surface area contributed by atoms with E-state index in [1.807, 2.05) is 45.0 Å². The van der Waals surface area contributed by atoms with Crippen molar-refractivity contribution < 1.29 is 19.8 Å². The fourth-order valence-corrected chi connectivity index (χ4v) is 4.72. The second-order valence-corrected chi connectivity index (χ2v) is 11.7. The molecular weight excluding hydrogens is 456 g/mol. The maximum atomic E-state index is 8.93. The molecule has 3 aromatic heterocycles. The number of oxazole rings is 1. The molecule has 3 aromatic carbocycles. The van der Waals surface area contributed by atoms with E-state index in [4.69, 9.17) is 24.8 Å². The Morgan fingerprint density at radius 2 is 1.68 bits per heavy atom. The van der Waals surface area contributed by atoms with Crippen LogP contribution in [0.15, 0.2) is 57.5 Å². The molecule has 0 unspecified atom stereocenters. The molecule has 0 bridgehead atoms. The van der Waals surface area contributed by atoms with Gasteiger partial charge in [-0.3, -0.25) is 4.98 Å². The van der Waals surface area contributed by atoms with Crippen molar-refractivity contribution in [3.8, 4) is 11.3 Å². The normalized spacial score (nSPS) is 17.2. The van der Waals surface area contributed by atoms with Crippen LogP contribution in [0.5, 0.6) is 0 Å². The summed E-state index contributed by atoms with van der Waals surface area (Å²) in [4.78, 5) is 9.24. The highest BCUT2D eigenvalue weighted by molar-refractivity contribution is 6.17. The number of aryl methyl sites for hydroxylation is 2. The molecule has 0 aliphatic rings. The lowest BCUT2D eigenvalue weighted by molar-refractivity contribution is 0.410. The lowest BCUT2D eigenvalue weighted by Crippen LogP contribution is -2.10. The van der Waals surface area contributed by atoms with Crippen molar-refractivity contribution >= 4 is 43.8 Å². The molecule has 6 rings (SSSR count). The first-order chi connectivity index (χ1) is 20.6. The molecule has 0 radical (unpaired) electrons. The maximum absolute atomic E-state index is 8.93. The van der Waals surface area contributed by atoms with Crippen LogP contribution in [-0.2, 0) is 11.8 Å². The Labute approximate surface area is 228 Å². The van der Waals surface area contributed by atoms with Crippen LogP contribution in [0.1, 0.15) is 75.1 Å². The molecule has 37 heavy (non-hydrogen) atoms. The zero-order valence-corrected chi connectivity index (χ0v) is 21.8. The van der Waals surface area contributed by atoms with Gasteiger partial charge in [-0.15, -0.1) is 0 Å². The lowest BCUT2D eigenvalue weighted by Gasteiger charge is -2.20. The first-order valence-corrected chi connectivity index (χ1v) is 12.3. The Hall–Kier alpha value is -3.66. The fourth-order valence-electron chi connectivity index (χ4n) is 4.72. The molecule has 0 atom stereocenters. The average molecular weight is 499 g/mol. The second kappa shape index (κ2) is 7.92. The minimum Gasteiger partial charge on any atom is -0.455 e. The molecule has 0 spiro atoms. The van der Waals surface area contributed by atoms with Crippen LogP contribution < -0.4 is 0 Å². The summed E-state index contributed by atoms with van der Waals surface area (Å²) in [7, 11) is 0.